The summed E-state index contributed by atoms with van der Waals surface area (Å²) in [5.41, 5.74) is 11.2. The quantitative estimate of drug-likeness (QED) is 0.725. The van der Waals surface area contributed by atoms with Crippen LogP contribution < -0.4 is 10.5 Å². The van der Waals surface area contributed by atoms with Crippen molar-refractivity contribution in [3.05, 3.63) is 76.9 Å². The molecule has 28 heavy (non-hydrogen) atoms. The second-order valence-corrected chi connectivity index (χ2v) is 7.32. The fourth-order valence-electron chi connectivity index (χ4n) is 3.63. The van der Waals surface area contributed by atoms with Crippen molar-refractivity contribution in [2.75, 3.05) is 0 Å². The summed E-state index contributed by atoms with van der Waals surface area (Å²) in [5.74, 6) is 0.726. The molecule has 3 N–H and O–H groups in total. The number of nitriles is 1. The van der Waals surface area contributed by atoms with Gasteiger partial charge in [0.15, 0.2) is 0 Å². The molecule has 1 aliphatic rings. The third kappa shape index (κ3) is 3.12. The predicted octanol–water partition coefficient (Wildman–Crippen LogP) is 3.89. The molecule has 140 valence electrons. The molecule has 0 aliphatic carbocycles. The van der Waals surface area contributed by atoms with Crippen LogP contribution in [0.5, 0.6) is 5.88 Å². The van der Waals surface area contributed by atoms with Crippen LogP contribution in [-0.2, 0) is 6.42 Å². The Kier molecular flexibility index (Phi) is 4.58. The highest BCUT2D eigenvalue weighted by Gasteiger charge is 2.35. The largest absolute Gasteiger partial charge is 0.420 e. The molecular formula is C22H21N5O. The fraction of sp³-hybridized carbons (Fsp3) is 0.227. The van der Waals surface area contributed by atoms with Crippen LogP contribution in [0.1, 0.15) is 36.5 Å². The van der Waals surface area contributed by atoms with Crippen LogP contribution in [0.3, 0.4) is 0 Å². The number of pyridine rings is 1. The number of nitrogens with one attached hydrogen (secondary N) is 1. The molecule has 1 aliphatic heterocycles. The number of hydrogen-bond donors (Lipinski definition) is 2. The summed E-state index contributed by atoms with van der Waals surface area (Å²) in [6, 6.07) is 14.4. The maximum Gasteiger partial charge on any atom is 0.244 e. The van der Waals surface area contributed by atoms with Crippen LogP contribution in [0.25, 0.3) is 11.3 Å². The number of hydrogen-bond acceptors (Lipinski definition) is 5. The van der Waals surface area contributed by atoms with Crippen LogP contribution in [0.15, 0.2) is 60.2 Å². The molecule has 0 unspecified atom stereocenters. The second kappa shape index (κ2) is 7.20. The SMILES string of the molecule is CC(C)Cc1ccc(-c2[nH]nc3c2[C@H](c2ccncc2)C(C#N)=C(N)O3)cc1. The molecule has 0 amide bonds. The van der Waals surface area contributed by atoms with Crippen molar-refractivity contribution in [2.45, 2.75) is 26.2 Å². The zero-order valence-electron chi connectivity index (χ0n) is 15.8. The van der Waals surface area contributed by atoms with Crippen molar-refractivity contribution in [3.8, 4) is 23.2 Å². The summed E-state index contributed by atoms with van der Waals surface area (Å²) < 4.78 is 5.64. The molecule has 2 aromatic heterocycles. The number of aromatic nitrogens is 3. The first-order chi connectivity index (χ1) is 13.6. The van der Waals surface area contributed by atoms with Crippen LogP contribution in [0.4, 0.5) is 0 Å². The van der Waals surface area contributed by atoms with Gasteiger partial charge in [-0.25, -0.2) is 0 Å². The Labute approximate surface area is 163 Å². The number of aromatic amines is 1. The van der Waals surface area contributed by atoms with Crippen LogP contribution in [0.2, 0.25) is 0 Å². The number of fused-ring (bicyclic) bond motifs is 1. The van der Waals surface area contributed by atoms with Gasteiger partial charge in [0.05, 0.1) is 17.2 Å². The molecule has 0 spiro atoms. The van der Waals surface area contributed by atoms with E-state index in [9.17, 15) is 5.26 Å². The maximum absolute atomic E-state index is 9.72. The Morgan fingerprint density at radius 3 is 2.54 bits per heavy atom. The summed E-state index contributed by atoms with van der Waals surface area (Å²) in [7, 11) is 0. The number of ether oxygens (including phenoxy) is 1. The van der Waals surface area contributed by atoms with Gasteiger partial charge in [-0.05, 0) is 35.6 Å². The summed E-state index contributed by atoms with van der Waals surface area (Å²) >= 11 is 0. The molecule has 3 aromatic rings. The molecule has 6 nitrogen and oxygen atoms in total. The van der Waals surface area contributed by atoms with Crippen molar-refractivity contribution >= 4 is 0 Å². The third-order valence-corrected chi connectivity index (χ3v) is 4.86. The lowest BCUT2D eigenvalue weighted by Gasteiger charge is -2.24. The second-order valence-electron chi connectivity index (χ2n) is 7.32. The van der Waals surface area contributed by atoms with E-state index in [0.29, 0.717) is 17.4 Å². The number of nitrogens with zero attached hydrogens (tertiary/aromatic N) is 3. The fourth-order valence-corrected chi connectivity index (χ4v) is 3.63. The van der Waals surface area contributed by atoms with Gasteiger partial charge in [-0.15, -0.1) is 5.10 Å². The molecule has 1 aromatic carbocycles. The number of allylic oxidation sites excluding steroid dienone is 1. The molecule has 0 radical (unpaired) electrons. The van der Waals surface area contributed by atoms with E-state index in [-0.39, 0.29) is 11.8 Å². The minimum Gasteiger partial charge on any atom is -0.420 e. The maximum atomic E-state index is 9.72. The molecule has 6 heteroatoms. The van der Waals surface area contributed by atoms with Gasteiger partial charge in [0.25, 0.3) is 0 Å². The smallest absolute Gasteiger partial charge is 0.244 e. The van der Waals surface area contributed by atoms with Gasteiger partial charge in [0.2, 0.25) is 11.8 Å². The van der Waals surface area contributed by atoms with Gasteiger partial charge in [0, 0.05) is 18.0 Å². The number of benzene rings is 1. The Hall–Kier alpha value is -3.59. The predicted molar refractivity (Wildman–Crippen MR) is 106 cm³/mol. The average molecular weight is 371 g/mol. The van der Waals surface area contributed by atoms with Gasteiger partial charge >= 0.3 is 0 Å². The van der Waals surface area contributed by atoms with E-state index < -0.39 is 0 Å². The molecule has 0 fully saturated rings. The summed E-state index contributed by atoms with van der Waals surface area (Å²) in [4.78, 5) is 4.08. The van der Waals surface area contributed by atoms with E-state index in [0.717, 1.165) is 28.8 Å². The monoisotopic (exact) mass is 371 g/mol. The molecule has 3 heterocycles. The van der Waals surface area contributed by atoms with Crippen LogP contribution in [0, 0.1) is 17.2 Å². The highest BCUT2D eigenvalue weighted by atomic mass is 16.5. The molecule has 0 saturated heterocycles. The van der Waals surface area contributed by atoms with E-state index >= 15 is 0 Å². The Morgan fingerprint density at radius 1 is 1.18 bits per heavy atom. The zero-order valence-corrected chi connectivity index (χ0v) is 15.8. The zero-order chi connectivity index (χ0) is 19.7. The first-order valence-electron chi connectivity index (χ1n) is 9.23. The van der Waals surface area contributed by atoms with Gasteiger partial charge in [0.1, 0.15) is 11.6 Å². The summed E-state index contributed by atoms with van der Waals surface area (Å²) in [5, 5.41) is 17.1. The van der Waals surface area contributed by atoms with E-state index in [2.05, 4.69) is 59.4 Å². The molecule has 1 atom stereocenters. The van der Waals surface area contributed by atoms with E-state index in [1.807, 2.05) is 12.1 Å². The van der Waals surface area contributed by atoms with Gasteiger partial charge < -0.3 is 10.5 Å². The van der Waals surface area contributed by atoms with Gasteiger partial charge in [-0.1, -0.05) is 38.1 Å². The molecular weight excluding hydrogens is 350 g/mol. The minimum absolute atomic E-state index is 0.0853. The standard InChI is InChI=1S/C22H21N5O/c1-13(2)11-14-3-5-16(6-4-14)20-19-18(15-7-9-25-10-8-15)17(12-23)21(24)28-22(19)27-26-20/h3-10,13,18H,11,24H2,1-2H3,(H,26,27)/t18-/m1/s1. The van der Waals surface area contributed by atoms with Crippen LogP contribution >= 0.6 is 0 Å². The van der Waals surface area contributed by atoms with E-state index in [1.54, 1.807) is 12.4 Å². The number of nitrogens with two attached hydrogens (primary N) is 1. The lowest BCUT2D eigenvalue weighted by atomic mass is 9.83. The van der Waals surface area contributed by atoms with E-state index in [1.165, 1.54) is 5.56 Å². The van der Waals surface area contributed by atoms with E-state index in [4.69, 9.17) is 10.5 Å². The number of rotatable bonds is 4. The first-order valence-corrected chi connectivity index (χ1v) is 9.23. The Balaban J connectivity index is 1.82. The summed E-state index contributed by atoms with van der Waals surface area (Å²) in [6.07, 6.45) is 4.44. The number of H-pyrrole nitrogens is 1. The highest BCUT2D eigenvalue weighted by molar-refractivity contribution is 5.71. The van der Waals surface area contributed by atoms with Gasteiger partial charge in [-0.2, -0.15) is 5.26 Å². The first kappa shape index (κ1) is 17.8. The Bertz CT molecular complexity index is 1060. The topological polar surface area (TPSA) is 101 Å². The summed E-state index contributed by atoms with van der Waals surface area (Å²) in [6.45, 7) is 4.41. The average Bonchev–Trinajstić information content (AvgIpc) is 3.11. The molecule has 4 rings (SSSR count). The van der Waals surface area contributed by atoms with Crippen molar-refractivity contribution in [2.24, 2.45) is 11.7 Å². The van der Waals surface area contributed by atoms with Crippen molar-refractivity contribution < 1.29 is 4.74 Å². The highest BCUT2D eigenvalue weighted by Crippen LogP contribution is 2.45. The van der Waals surface area contributed by atoms with Crippen molar-refractivity contribution in [1.82, 2.24) is 15.2 Å². The Morgan fingerprint density at radius 2 is 1.89 bits per heavy atom. The molecule has 0 bridgehead atoms. The van der Waals surface area contributed by atoms with Crippen molar-refractivity contribution in [3.63, 3.8) is 0 Å². The van der Waals surface area contributed by atoms with Crippen molar-refractivity contribution in [1.29, 1.82) is 5.26 Å². The van der Waals surface area contributed by atoms with Gasteiger partial charge in [-0.3, -0.25) is 10.1 Å². The lowest BCUT2D eigenvalue weighted by Crippen LogP contribution is -2.21. The normalized spacial score (nSPS) is 15.9. The van der Waals surface area contributed by atoms with Crippen LogP contribution in [-0.4, -0.2) is 15.2 Å². The third-order valence-electron chi connectivity index (χ3n) is 4.86. The molecule has 0 saturated carbocycles. The minimum atomic E-state index is -0.360. The lowest BCUT2D eigenvalue weighted by molar-refractivity contribution is 0.379.